The SMILES string of the molecule is CO[C@]1(C)O[C@H]2CN(Cc3ccccc3)C=[N+](Cc3ccccc3)C[C@@H]2O[C@@]1(C)OC.F[P-](F)(F)(F)(F)F. The van der Waals surface area contributed by atoms with Crippen molar-refractivity contribution >= 4 is 14.1 Å². The third kappa shape index (κ3) is 9.20. The van der Waals surface area contributed by atoms with Crippen molar-refractivity contribution in [2.24, 2.45) is 0 Å². The molecule has 0 saturated carbocycles. The molecule has 38 heavy (non-hydrogen) atoms. The first-order valence-corrected chi connectivity index (χ1v) is 13.9. The van der Waals surface area contributed by atoms with Gasteiger partial charge in [0.05, 0.1) is 0 Å². The van der Waals surface area contributed by atoms with Crippen molar-refractivity contribution in [3.63, 3.8) is 0 Å². The summed E-state index contributed by atoms with van der Waals surface area (Å²) in [5.41, 5.74) is 2.51. The molecule has 0 aliphatic carbocycles. The Bertz CT molecular complexity index is 1100. The number of nitrogens with zero attached hydrogens (tertiary/aromatic N) is 2. The van der Waals surface area contributed by atoms with Crippen LogP contribution in [-0.2, 0) is 32.0 Å². The van der Waals surface area contributed by atoms with E-state index in [1.54, 1.807) is 14.2 Å². The molecule has 2 aliphatic heterocycles. The van der Waals surface area contributed by atoms with Gasteiger partial charge in [-0.25, -0.2) is 0 Å². The van der Waals surface area contributed by atoms with Crippen LogP contribution in [-0.4, -0.2) is 66.9 Å². The van der Waals surface area contributed by atoms with Crippen molar-refractivity contribution in [3.05, 3.63) is 71.8 Å². The van der Waals surface area contributed by atoms with E-state index < -0.39 is 19.4 Å². The van der Waals surface area contributed by atoms with Crippen LogP contribution in [0, 0.1) is 0 Å². The number of methoxy groups -OCH3 is 2. The predicted octanol–water partition coefficient (Wildman–Crippen LogP) is 6.63. The first-order chi connectivity index (χ1) is 17.4. The van der Waals surface area contributed by atoms with E-state index in [2.05, 4.69) is 64.3 Å². The second kappa shape index (κ2) is 10.4. The van der Waals surface area contributed by atoms with Gasteiger partial charge in [0.2, 0.25) is 17.9 Å². The van der Waals surface area contributed by atoms with Crippen LogP contribution >= 0.6 is 7.81 Å². The average molecular weight is 571 g/mol. The van der Waals surface area contributed by atoms with Crippen molar-refractivity contribution in [1.82, 2.24) is 4.90 Å². The van der Waals surface area contributed by atoms with Crippen molar-refractivity contribution in [3.8, 4) is 0 Å². The molecular formula is C25H33F6N2O4P. The molecule has 2 aliphatic rings. The Hall–Kier alpha value is -2.24. The third-order valence-corrected chi connectivity index (χ3v) is 6.38. The van der Waals surface area contributed by atoms with Crippen LogP contribution in [0.1, 0.15) is 25.0 Å². The molecule has 0 aromatic heterocycles. The van der Waals surface area contributed by atoms with Gasteiger partial charge in [0, 0.05) is 14.2 Å². The molecule has 0 spiro atoms. The Balaban J connectivity index is 0.000000505. The molecule has 2 heterocycles. The molecule has 4 rings (SSSR count). The van der Waals surface area contributed by atoms with Gasteiger partial charge in [-0.15, -0.1) is 0 Å². The average Bonchev–Trinajstić information content (AvgIpc) is 2.96. The minimum absolute atomic E-state index is 0.158. The van der Waals surface area contributed by atoms with Crippen LogP contribution in [0.4, 0.5) is 25.2 Å². The van der Waals surface area contributed by atoms with Crippen LogP contribution < -0.4 is 0 Å². The quantitative estimate of drug-likeness (QED) is 0.222. The second-order valence-corrected chi connectivity index (χ2v) is 11.4. The number of fused-ring (bicyclic) bond motifs is 1. The van der Waals surface area contributed by atoms with E-state index in [1.807, 2.05) is 26.0 Å². The fraction of sp³-hybridized carbons (Fsp3) is 0.480. The van der Waals surface area contributed by atoms with E-state index in [-0.39, 0.29) is 12.2 Å². The standard InChI is InChI=1S/C25H33N2O4.F6P/c1-24(28-3)25(2,29-4)31-23-18-27(16-21-13-9-6-10-14-21)19-26(17-22(23)30-24)15-20-11-7-5-8-12-20;1-7(2,3,4,5)6/h5-14,19,22-23H,15-18H2,1-4H3;/q+1;-1/t22-,23-,24+,25+;/m0./s1. The molecule has 0 amide bonds. The Labute approximate surface area is 218 Å². The fourth-order valence-corrected chi connectivity index (χ4v) is 4.35. The van der Waals surface area contributed by atoms with Gasteiger partial charge in [-0.05, 0) is 25.0 Å². The Morgan fingerprint density at radius 1 is 0.816 bits per heavy atom. The molecule has 6 nitrogen and oxygen atoms in total. The van der Waals surface area contributed by atoms with Gasteiger partial charge < -0.3 is 18.9 Å². The van der Waals surface area contributed by atoms with E-state index in [4.69, 9.17) is 18.9 Å². The number of ether oxygens (including phenoxy) is 4. The fourth-order valence-electron chi connectivity index (χ4n) is 4.35. The third-order valence-electron chi connectivity index (χ3n) is 6.38. The zero-order valence-corrected chi connectivity index (χ0v) is 22.5. The van der Waals surface area contributed by atoms with E-state index in [0.717, 1.165) is 13.1 Å². The summed E-state index contributed by atoms with van der Waals surface area (Å²) in [7, 11) is -7.39. The van der Waals surface area contributed by atoms with Gasteiger partial charge in [-0.2, -0.15) is 0 Å². The number of rotatable bonds is 6. The minimum atomic E-state index is -10.7. The van der Waals surface area contributed by atoms with E-state index in [1.165, 1.54) is 11.1 Å². The van der Waals surface area contributed by atoms with Gasteiger partial charge in [-0.3, -0.25) is 9.48 Å². The van der Waals surface area contributed by atoms with Crippen LogP contribution in [0.15, 0.2) is 60.7 Å². The van der Waals surface area contributed by atoms with Gasteiger partial charge in [0.25, 0.3) is 0 Å². The molecule has 0 N–H and O–H groups in total. The molecule has 1 saturated heterocycles. The first-order valence-electron chi connectivity index (χ1n) is 11.8. The summed E-state index contributed by atoms with van der Waals surface area (Å²) in [4.78, 5) is 2.30. The number of halogens is 6. The van der Waals surface area contributed by atoms with Gasteiger partial charge in [0.15, 0.2) is 0 Å². The molecule has 2 aromatic rings. The van der Waals surface area contributed by atoms with Crippen LogP contribution in [0.25, 0.3) is 0 Å². The van der Waals surface area contributed by atoms with Gasteiger partial charge in [0.1, 0.15) is 38.4 Å². The van der Waals surface area contributed by atoms with Gasteiger partial charge >= 0.3 is 33.0 Å². The summed E-state index contributed by atoms with van der Waals surface area (Å²) in [6.07, 6.45) is 1.89. The van der Waals surface area contributed by atoms with Crippen molar-refractivity contribution in [1.29, 1.82) is 0 Å². The monoisotopic (exact) mass is 570 g/mol. The summed E-state index contributed by atoms with van der Waals surface area (Å²) < 4.78 is 86.0. The molecule has 13 heteroatoms. The van der Waals surface area contributed by atoms with Crippen molar-refractivity contribution in [2.45, 2.75) is 50.7 Å². The van der Waals surface area contributed by atoms with Crippen molar-refractivity contribution < 1.29 is 48.7 Å². The second-order valence-electron chi connectivity index (χ2n) is 9.52. The van der Waals surface area contributed by atoms with E-state index in [9.17, 15) is 25.2 Å². The Kier molecular flexibility index (Phi) is 8.28. The molecule has 0 radical (unpaired) electrons. The van der Waals surface area contributed by atoms with Crippen LogP contribution in [0.5, 0.6) is 0 Å². The zero-order chi connectivity index (χ0) is 28.3. The summed E-state index contributed by atoms with van der Waals surface area (Å²) in [5.74, 6) is -2.01. The van der Waals surface area contributed by atoms with Gasteiger partial charge in [-0.1, -0.05) is 60.7 Å². The normalized spacial score (nSPS) is 29.5. The molecule has 4 atom stereocenters. The Morgan fingerprint density at radius 2 is 1.26 bits per heavy atom. The van der Waals surface area contributed by atoms with E-state index >= 15 is 0 Å². The summed E-state index contributed by atoms with van der Waals surface area (Å²) in [5, 5.41) is 0. The molecule has 1 fully saturated rings. The summed E-state index contributed by atoms with van der Waals surface area (Å²) >= 11 is 0. The number of benzene rings is 2. The molecule has 214 valence electrons. The molecule has 0 bridgehead atoms. The Morgan fingerprint density at radius 3 is 1.74 bits per heavy atom. The zero-order valence-electron chi connectivity index (χ0n) is 21.6. The molecule has 0 unspecified atom stereocenters. The molecule has 2 aromatic carbocycles. The topological polar surface area (TPSA) is 43.2 Å². The summed E-state index contributed by atoms with van der Waals surface area (Å²) in [6.45, 7) is 6.75. The number of hydrogen-bond donors (Lipinski definition) is 0. The number of hydrogen-bond acceptors (Lipinski definition) is 5. The molecular weight excluding hydrogens is 537 g/mol. The van der Waals surface area contributed by atoms with Crippen LogP contribution in [0.2, 0.25) is 0 Å². The predicted molar refractivity (Wildman–Crippen MR) is 132 cm³/mol. The first kappa shape index (κ1) is 30.3. The van der Waals surface area contributed by atoms with Crippen LogP contribution in [0.3, 0.4) is 0 Å². The maximum absolute atomic E-state index is 10.7. The van der Waals surface area contributed by atoms with E-state index in [0.29, 0.717) is 13.1 Å². The summed E-state index contributed by atoms with van der Waals surface area (Å²) in [6, 6.07) is 21.0. The van der Waals surface area contributed by atoms with Crippen molar-refractivity contribution in [2.75, 3.05) is 27.3 Å². The maximum atomic E-state index is 9.87.